The molecule has 0 saturated carbocycles. The van der Waals surface area contributed by atoms with Crippen LogP contribution in [0.2, 0.25) is 10.0 Å². The molecule has 1 unspecified atom stereocenters. The van der Waals surface area contributed by atoms with Crippen LogP contribution in [0, 0.1) is 0 Å². The van der Waals surface area contributed by atoms with E-state index in [1.165, 1.54) is 17.7 Å². The van der Waals surface area contributed by atoms with Gasteiger partial charge < -0.3 is 5.32 Å². The van der Waals surface area contributed by atoms with Gasteiger partial charge in [-0.1, -0.05) is 65.7 Å². The van der Waals surface area contributed by atoms with Crippen molar-refractivity contribution in [1.82, 2.24) is 5.32 Å². The monoisotopic (exact) mass is 475 g/mol. The van der Waals surface area contributed by atoms with Crippen molar-refractivity contribution in [3.05, 3.63) is 99.5 Å². The molecule has 1 N–H and O–H groups in total. The van der Waals surface area contributed by atoms with E-state index >= 15 is 0 Å². The van der Waals surface area contributed by atoms with E-state index in [2.05, 4.69) is 29.6 Å². The molecule has 1 heterocycles. The second-order valence-corrected chi connectivity index (χ2v) is 8.88. The lowest BCUT2D eigenvalue weighted by Gasteiger charge is -2.25. The standard InChI is InChI=1S/C26H22Cl2F3N/c27-23-13-21(14-24(28)16-23)18-7-4-17(5-8-18)6-9-25-15-20(10-11-32-25)19-2-1-3-22(12-19)26(29,30)31/h1-5,7-8,10,12-14,16,25,32H,6,9,11,15H2. The Hall–Kier alpha value is -2.27. The van der Waals surface area contributed by atoms with Crippen LogP contribution in [0.5, 0.6) is 0 Å². The van der Waals surface area contributed by atoms with Gasteiger partial charge in [0.05, 0.1) is 5.56 Å². The fourth-order valence-corrected chi connectivity index (χ4v) is 4.56. The predicted molar refractivity (Wildman–Crippen MR) is 126 cm³/mol. The second kappa shape index (κ2) is 9.70. The van der Waals surface area contributed by atoms with Crippen molar-refractivity contribution in [2.24, 2.45) is 0 Å². The largest absolute Gasteiger partial charge is 0.416 e. The molecule has 166 valence electrons. The first-order valence-electron chi connectivity index (χ1n) is 10.4. The van der Waals surface area contributed by atoms with Gasteiger partial charge in [-0.25, -0.2) is 0 Å². The summed E-state index contributed by atoms with van der Waals surface area (Å²) in [6.45, 7) is 0.657. The molecule has 4 rings (SSSR count). The first kappa shape index (κ1) is 22.9. The number of halogens is 5. The van der Waals surface area contributed by atoms with Crippen LogP contribution in [0.15, 0.2) is 72.8 Å². The summed E-state index contributed by atoms with van der Waals surface area (Å²) in [5.41, 5.74) is 4.23. The average molecular weight is 476 g/mol. The molecule has 0 radical (unpaired) electrons. The van der Waals surface area contributed by atoms with Gasteiger partial charge in [0, 0.05) is 22.6 Å². The highest BCUT2D eigenvalue weighted by molar-refractivity contribution is 6.35. The van der Waals surface area contributed by atoms with Gasteiger partial charge in [0.15, 0.2) is 0 Å². The Labute approximate surface area is 195 Å². The van der Waals surface area contributed by atoms with Gasteiger partial charge in [-0.15, -0.1) is 0 Å². The van der Waals surface area contributed by atoms with Crippen LogP contribution < -0.4 is 5.32 Å². The van der Waals surface area contributed by atoms with Gasteiger partial charge in [-0.2, -0.15) is 13.2 Å². The molecule has 3 aromatic carbocycles. The van der Waals surface area contributed by atoms with Crippen LogP contribution in [-0.2, 0) is 12.6 Å². The minimum Gasteiger partial charge on any atom is -0.310 e. The van der Waals surface area contributed by atoms with E-state index in [1.807, 2.05) is 18.2 Å². The third kappa shape index (κ3) is 5.74. The Kier molecular flexibility index (Phi) is 6.94. The molecule has 1 nitrogen and oxygen atoms in total. The zero-order valence-electron chi connectivity index (χ0n) is 17.2. The molecular formula is C26H22Cl2F3N. The molecule has 3 aromatic rings. The number of alkyl halides is 3. The van der Waals surface area contributed by atoms with Gasteiger partial charge >= 0.3 is 6.18 Å². The van der Waals surface area contributed by atoms with Crippen LogP contribution in [0.3, 0.4) is 0 Å². The number of benzene rings is 3. The fraction of sp³-hybridized carbons (Fsp3) is 0.231. The number of nitrogens with one attached hydrogen (secondary N) is 1. The molecule has 0 aromatic heterocycles. The predicted octanol–water partition coefficient (Wildman–Crippen LogP) is 8.06. The second-order valence-electron chi connectivity index (χ2n) is 8.01. The van der Waals surface area contributed by atoms with E-state index in [1.54, 1.807) is 12.1 Å². The van der Waals surface area contributed by atoms with Crippen LogP contribution in [0.1, 0.15) is 29.5 Å². The maximum atomic E-state index is 13.1. The first-order chi connectivity index (χ1) is 15.3. The van der Waals surface area contributed by atoms with Gasteiger partial charge in [-0.3, -0.25) is 0 Å². The third-order valence-corrected chi connectivity index (χ3v) is 6.15. The molecule has 32 heavy (non-hydrogen) atoms. The molecule has 1 aliphatic heterocycles. The fourth-order valence-electron chi connectivity index (χ4n) is 4.03. The smallest absolute Gasteiger partial charge is 0.310 e. The maximum absolute atomic E-state index is 13.1. The number of hydrogen-bond acceptors (Lipinski definition) is 1. The van der Waals surface area contributed by atoms with Crippen LogP contribution in [0.25, 0.3) is 16.7 Å². The van der Waals surface area contributed by atoms with E-state index in [4.69, 9.17) is 23.2 Å². The summed E-state index contributed by atoms with van der Waals surface area (Å²) in [5, 5.41) is 4.66. The van der Waals surface area contributed by atoms with E-state index in [0.29, 0.717) is 28.6 Å². The Bertz CT molecular complexity index is 1100. The molecule has 0 spiro atoms. The van der Waals surface area contributed by atoms with Gasteiger partial charge in [-0.05, 0) is 77.4 Å². The number of hydrogen-bond donors (Lipinski definition) is 1. The van der Waals surface area contributed by atoms with Crippen molar-refractivity contribution in [3.63, 3.8) is 0 Å². The average Bonchev–Trinajstić information content (AvgIpc) is 2.77. The molecule has 0 amide bonds. The number of rotatable bonds is 5. The lowest BCUT2D eigenvalue weighted by Crippen LogP contribution is -2.33. The zero-order valence-corrected chi connectivity index (χ0v) is 18.7. The van der Waals surface area contributed by atoms with E-state index in [0.717, 1.165) is 35.6 Å². The lowest BCUT2D eigenvalue weighted by molar-refractivity contribution is -0.137. The van der Waals surface area contributed by atoms with Crippen molar-refractivity contribution < 1.29 is 13.2 Å². The minimum atomic E-state index is -4.33. The van der Waals surface area contributed by atoms with Gasteiger partial charge in [0.2, 0.25) is 0 Å². The summed E-state index contributed by atoms with van der Waals surface area (Å²) in [7, 11) is 0. The molecule has 0 bridgehead atoms. The quantitative estimate of drug-likeness (QED) is 0.393. The Morgan fingerprint density at radius 2 is 1.56 bits per heavy atom. The summed E-state index contributed by atoms with van der Waals surface area (Å²) in [6, 6.07) is 19.6. The van der Waals surface area contributed by atoms with Crippen molar-refractivity contribution in [3.8, 4) is 11.1 Å². The highest BCUT2D eigenvalue weighted by atomic mass is 35.5. The SMILES string of the molecule is FC(F)(F)c1cccc(C2=CCNC(CCc3ccc(-c4cc(Cl)cc(Cl)c4)cc3)C2)c1. The molecule has 1 atom stereocenters. The minimum absolute atomic E-state index is 0.218. The van der Waals surface area contributed by atoms with E-state index < -0.39 is 11.7 Å². The molecule has 0 saturated heterocycles. The van der Waals surface area contributed by atoms with Crippen molar-refractivity contribution in [1.29, 1.82) is 0 Å². The van der Waals surface area contributed by atoms with E-state index in [9.17, 15) is 13.2 Å². The summed E-state index contributed by atoms with van der Waals surface area (Å²) in [5.74, 6) is 0. The topological polar surface area (TPSA) is 12.0 Å². The Morgan fingerprint density at radius 1 is 0.844 bits per heavy atom. The molecule has 0 fully saturated rings. The van der Waals surface area contributed by atoms with E-state index in [-0.39, 0.29) is 6.04 Å². The van der Waals surface area contributed by atoms with Gasteiger partial charge in [0.1, 0.15) is 0 Å². The highest BCUT2D eigenvalue weighted by Crippen LogP contribution is 2.33. The van der Waals surface area contributed by atoms with Crippen LogP contribution in [0.4, 0.5) is 13.2 Å². The van der Waals surface area contributed by atoms with Gasteiger partial charge in [0.25, 0.3) is 0 Å². The summed E-state index contributed by atoms with van der Waals surface area (Å²) in [6.07, 6.45) is 0.144. The zero-order chi connectivity index (χ0) is 22.7. The molecule has 6 heteroatoms. The normalized spacial score (nSPS) is 16.7. The van der Waals surface area contributed by atoms with Crippen LogP contribution in [-0.4, -0.2) is 12.6 Å². The molecule has 0 aliphatic carbocycles. The maximum Gasteiger partial charge on any atom is 0.416 e. The Morgan fingerprint density at radius 3 is 2.25 bits per heavy atom. The molecular weight excluding hydrogens is 454 g/mol. The molecule has 1 aliphatic rings. The summed E-state index contributed by atoms with van der Waals surface area (Å²) in [4.78, 5) is 0. The Balaban J connectivity index is 1.38. The summed E-state index contributed by atoms with van der Waals surface area (Å²) < 4.78 is 39.2. The van der Waals surface area contributed by atoms with Crippen molar-refractivity contribution in [2.75, 3.05) is 6.54 Å². The summed E-state index contributed by atoms with van der Waals surface area (Å²) >= 11 is 12.2. The van der Waals surface area contributed by atoms with Crippen molar-refractivity contribution >= 4 is 28.8 Å². The van der Waals surface area contributed by atoms with Crippen molar-refractivity contribution in [2.45, 2.75) is 31.5 Å². The van der Waals surface area contributed by atoms with Crippen LogP contribution >= 0.6 is 23.2 Å². The first-order valence-corrected chi connectivity index (χ1v) is 11.2. The third-order valence-electron chi connectivity index (χ3n) is 5.71. The highest BCUT2D eigenvalue weighted by Gasteiger charge is 2.30. The lowest BCUT2D eigenvalue weighted by atomic mass is 9.91. The number of aryl methyl sites for hydroxylation is 1.